The maximum absolute atomic E-state index is 12.8. The number of carboxylic acids is 1. The predicted molar refractivity (Wildman–Crippen MR) is 81.2 cm³/mol. The number of amides is 1. The molecule has 0 aromatic heterocycles. The number of carbonyl (C=O) groups excluding carboxylic acids is 1. The monoisotopic (exact) mass is 320 g/mol. The molecule has 2 aliphatic rings. The summed E-state index contributed by atoms with van der Waals surface area (Å²) in [6.45, 7) is 0.631. The van der Waals surface area contributed by atoms with Gasteiger partial charge in [-0.2, -0.15) is 0 Å². The number of hydrazine groups is 1. The number of morpholine rings is 1. The number of hydrogen-bond acceptors (Lipinski definition) is 6. The quantitative estimate of drug-likeness (QED) is 0.555. The second-order valence-electron chi connectivity index (χ2n) is 5.71. The van der Waals surface area contributed by atoms with Crippen LogP contribution in [0.5, 0.6) is 0 Å². The number of nitrogens with one attached hydrogen (secondary N) is 2. The minimum atomic E-state index is -1.06. The third-order valence-corrected chi connectivity index (χ3v) is 4.26. The molecule has 2 aliphatic heterocycles. The van der Waals surface area contributed by atoms with Gasteiger partial charge in [-0.3, -0.25) is 4.79 Å². The lowest BCUT2D eigenvalue weighted by Gasteiger charge is -2.33. The minimum absolute atomic E-state index is 0.0447. The van der Waals surface area contributed by atoms with Crippen LogP contribution in [0.1, 0.15) is 11.5 Å². The number of rotatable bonds is 3. The standard InChI is InChI=1S/C15H20N4O4/c16-13-11(9-4-2-1-3-5-9)12(17-18-13)14(20)19-6-7-23-10(8-19)15(21)22/h1-5,10-13,17-18H,6-8,16H2,(H,21,22). The highest BCUT2D eigenvalue weighted by molar-refractivity contribution is 5.84. The van der Waals surface area contributed by atoms with Crippen molar-refractivity contribution >= 4 is 11.9 Å². The van der Waals surface area contributed by atoms with Gasteiger partial charge in [0.15, 0.2) is 6.10 Å². The Morgan fingerprint density at radius 1 is 1.26 bits per heavy atom. The average Bonchev–Trinajstić information content (AvgIpc) is 2.96. The normalized spacial score (nSPS) is 31.1. The highest BCUT2D eigenvalue weighted by atomic mass is 16.5. The highest BCUT2D eigenvalue weighted by Gasteiger charge is 2.42. The van der Waals surface area contributed by atoms with E-state index in [0.717, 1.165) is 5.56 Å². The SMILES string of the molecule is NC1NNC(C(=O)N2CCOC(C(=O)O)C2)C1c1ccccc1. The molecule has 2 heterocycles. The largest absolute Gasteiger partial charge is 0.479 e. The molecule has 0 aliphatic carbocycles. The van der Waals surface area contributed by atoms with E-state index in [-0.39, 0.29) is 25.0 Å². The van der Waals surface area contributed by atoms with Crippen molar-refractivity contribution in [3.05, 3.63) is 35.9 Å². The van der Waals surface area contributed by atoms with Crippen LogP contribution in [0, 0.1) is 0 Å². The van der Waals surface area contributed by atoms with E-state index in [1.165, 1.54) is 4.90 Å². The maximum Gasteiger partial charge on any atom is 0.334 e. The molecular weight excluding hydrogens is 300 g/mol. The lowest BCUT2D eigenvalue weighted by Crippen LogP contribution is -2.54. The fourth-order valence-corrected chi connectivity index (χ4v) is 3.06. The number of nitrogens with two attached hydrogens (primary N) is 1. The molecule has 1 amide bonds. The molecule has 0 saturated carbocycles. The van der Waals surface area contributed by atoms with E-state index in [2.05, 4.69) is 10.9 Å². The second-order valence-corrected chi connectivity index (χ2v) is 5.71. The Kier molecular flexibility index (Phi) is 4.58. The Hall–Kier alpha value is -2.00. The molecule has 3 rings (SSSR count). The fourth-order valence-electron chi connectivity index (χ4n) is 3.06. The first kappa shape index (κ1) is 15.9. The average molecular weight is 320 g/mol. The molecule has 1 aromatic rings. The molecule has 0 bridgehead atoms. The van der Waals surface area contributed by atoms with Gasteiger partial charge in [0.1, 0.15) is 6.04 Å². The van der Waals surface area contributed by atoms with Gasteiger partial charge in [-0.05, 0) is 5.56 Å². The Morgan fingerprint density at radius 2 is 2.00 bits per heavy atom. The molecule has 0 radical (unpaired) electrons. The number of benzene rings is 1. The van der Waals surface area contributed by atoms with Crippen molar-refractivity contribution in [2.45, 2.75) is 24.2 Å². The summed E-state index contributed by atoms with van der Waals surface area (Å²) in [4.78, 5) is 25.4. The zero-order chi connectivity index (χ0) is 16.4. The van der Waals surface area contributed by atoms with Crippen molar-refractivity contribution in [3.63, 3.8) is 0 Å². The third kappa shape index (κ3) is 3.20. The molecule has 5 N–H and O–H groups in total. The van der Waals surface area contributed by atoms with Gasteiger partial charge in [-0.1, -0.05) is 30.3 Å². The van der Waals surface area contributed by atoms with E-state index < -0.39 is 24.3 Å². The molecule has 8 heteroatoms. The summed E-state index contributed by atoms with van der Waals surface area (Å²) >= 11 is 0. The van der Waals surface area contributed by atoms with Crippen molar-refractivity contribution in [3.8, 4) is 0 Å². The number of ether oxygens (including phenoxy) is 1. The summed E-state index contributed by atoms with van der Waals surface area (Å²) in [6.07, 6.45) is -1.38. The minimum Gasteiger partial charge on any atom is -0.479 e. The summed E-state index contributed by atoms with van der Waals surface area (Å²) in [5.41, 5.74) is 12.9. The van der Waals surface area contributed by atoms with Crippen LogP contribution in [0.25, 0.3) is 0 Å². The maximum atomic E-state index is 12.8. The van der Waals surface area contributed by atoms with Crippen LogP contribution in [0.2, 0.25) is 0 Å². The highest BCUT2D eigenvalue weighted by Crippen LogP contribution is 2.26. The van der Waals surface area contributed by atoms with Crippen LogP contribution in [0.3, 0.4) is 0 Å². The van der Waals surface area contributed by atoms with E-state index in [9.17, 15) is 9.59 Å². The molecule has 4 unspecified atom stereocenters. The van der Waals surface area contributed by atoms with E-state index >= 15 is 0 Å². The first-order valence-electron chi connectivity index (χ1n) is 7.52. The first-order chi connectivity index (χ1) is 11.1. The van der Waals surface area contributed by atoms with Crippen LogP contribution in [-0.4, -0.2) is 59.9 Å². The van der Waals surface area contributed by atoms with Gasteiger partial charge in [0.2, 0.25) is 5.91 Å². The lowest BCUT2D eigenvalue weighted by molar-refractivity contribution is -0.160. The van der Waals surface area contributed by atoms with Crippen LogP contribution in [-0.2, 0) is 14.3 Å². The summed E-state index contributed by atoms with van der Waals surface area (Å²) in [6, 6.07) is 9.02. The summed E-state index contributed by atoms with van der Waals surface area (Å²) in [5, 5.41) is 9.06. The Bertz CT molecular complexity index is 582. The molecule has 0 spiro atoms. The van der Waals surface area contributed by atoms with Crippen LogP contribution in [0.15, 0.2) is 30.3 Å². The fraction of sp³-hybridized carbons (Fsp3) is 0.467. The van der Waals surface area contributed by atoms with E-state index in [1.54, 1.807) is 0 Å². The van der Waals surface area contributed by atoms with Gasteiger partial charge >= 0.3 is 5.97 Å². The number of carboxylic acid groups (broad SMARTS) is 1. The van der Waals surface area contributed by atoms with Crippen molar-refractivity contribution in [1.82, 2.24) is 15.8 Å². The Labute approximate surface area is 133 Å². The zero-order valence-electron chi connectivity index (χ0n) is 12.5. The van der Waals surface area contributed by atoms with Gasteiger partial charge in [0.25, 0.3) is 0 Å². The number of hydrogen-bond donors (Lipinski definition) is 4. The van der Waals surface area contributed by atoms with Gasteiger partial charge in [-0.15, -0.1) is 0 Å². The number of nitrogens with zero attached hydrogens (tertiary/aromatic N) is 1. The van der Waals surface area contributed by atoms with Crippen LogP contribution in [0.4, 0.5) is 0 Å². The molecule has 8 nitrogen and oxygen atoms in total. The Balaban J connectivity index is 1.77. The van der Waals surface area contributed by atoms with Crippen molar-refractivity contribution in [2.24, 2.45) is 5.73 Å². The molecule has 23 heavy (non-hydrogen) atoms. The van der Waals surface area contributed by atoms with Gasteiger partial charge in [0.05, 0.1) is 19.3 Å². The molecular formula is C15H20N4O4. The zero-order valence-corrected chi connectivity index (χ0v) is 12.5. The number of carbonyl (C=O) groups is 2. The van der Waals surface area contributed by atoms with Crippen LogP contribution >= 0.6 is 0 Å². The second kappa shape index (κ2) is 6.63. The number of aliphatic carboxylic acids is 1. The Morgan fingerprint density at radius 3 is 2.70 bits per heavy atom. The molecule has 2 fully saturated rings. The molecule has 1 aromatic carbocycles. The smallest absolute Gasteiger partial charge is 0.334 e. The summed E-state index contributed by atoms with van der Waals surface area (Å²) in [5.74, 6) is -1.46. The van der Waals surface area contributed by atoms with Crippen molar-refractivity contribution in [1.29, 1.82) is 0 Å². The third-order valence-electron chi connectivity index (χ3n) is 4.26. The summed E-state index contributed by atoms with van der Waals surface area (Å²) in [7, 11) is 0. The van der Waals surface area contributed by atoms with E-state index in [4.69, 9.17) is 15.6 Å². The first-order valence-corrected chi connectivity index (χ1v) is 7.52. The van der Waals surface area contributed by atoms with Gasteiger partial charge in [0, 0.05) is 12.5 Å². The molecule has 124 valence electrons. The van der Waals surface area contributed by atoms with Gasteiger partial charge in [-0.25, -0.2) is 15.6 Å². The van der Waals surface area contributed by atoms with E-state index in [0.29, 0.717) is 6.54 Å². The topological polar surface area (TPSA) is 117 Å². The van der Waals surface area contributed by atoms with Crippen molar-refractivity contribution in [2.75, 3.05) is 19.7 Å². The van der Waals surface area contributed by atoms with Crippen molar-refractivity contribution < 1.29 is 19.4 Å². The van der Waals surface area contributed by atoms with Gasteiger partial charge < -0.3 is 20.5 Å². The molecule has 4 atom stereocenters. The predicted octanol–water partition coefficient (Wildman–Crippen LogP) is -1.16. The van der Waals surface area contributed by atoms with Crippen LogP contribution < -0.4 is 16.6 Å². The van der Waals surface area contributed by atoms with E-state index in [1.807, 2.05) is 30.3 Å². The summed E-state index contributed by atoms with van der Waals surface area (Å²) < 4.78 is 5.16. The molecule has 2 saturated heterocycles. The lowest BCUT2D eigenvalue weighted by atomic mass is 9.90.